The van der Waals surface area contributed by atoms with E-state index >= 15 is 0 Å². The Morgan fingerprint density at radius 2 is 1.96 bits per heavy atom. The molecule has 4 rings (SSSR count). The smallest absolute Gasteiger partial charge is 0.322 e. The molecule has 4 N–H and O–H groups in total. The number of rotatable bonds is 4. The van der Waals surface area contributed by atoms with Crippen LogP contribution in [-0.4, -0.2) is 48.6 Å². The molecule has 28 heavy (non-hydrogen) atoms. The van der Waals surface area contributed by atoms with Crippen molar-refractivity contribution in [1.82, 2.24) is 26.5 Å². The number of pyridine rings is 1. The molecular formula is C20H29N5O3. The summed E-state index contributed by atoms with van der Waals surface area (Å²) >= 11 is 0. The van der Waals surface area contributed by atoms with E-state index in [-0.39, 0.29) is 35.9 Å². The Bertz CT molecular complexity index is 692. The maximum Gasteiger partial charge on any atom is 0.322 e. The number of ether oxygens (including phenoxy) is 1. The lowest BCUT2D eigenvalue weighted by molar-refractivity contribution is -0.143. The van der Waals surface area contributed by atoms with E-state index in [9.17, 15) is 9.59 Å². The van der Waals surface area contributed by atoms with Gasteiger partial charge in [-0.3, -0.25) is 20.0 Å². The number of esters is 1. The summed E-state index contributed by atoms with van der Waals surface area (Å²) in [5.74, 6) is 0.333. The van der Waals surface area contributed by atoms with Gasteiger partial charge in [-0.2, -0.15) is 0 Å². The van der Waals surface area contributed by atoms with Crippen molar-refractivity contribution in [3.05, 3.63) is 30.1 Å². The highest BCUT2D eigenvalue weighted by Crippen LogP contribution is 2.40. The van der Waals surface area contributed by atoms with Crippen molar-refractivity contribution in [2.75, 3.05) is 13.7 Å². The number of carbonyl (C=O) groups is 2. The van der Waals surface area contributed by atoms with Gasteiger partial charge >= 0.3 is 5.97 Å². The van der Waals surface area contributed by atoms with Gasteiger partial charge < -0.3 is 15.4 Å². The Kier molecular flexibility index (Phi) is 5.89. The number of hydrogen-bond acceptors (Lipinski definition) is 7. The van der Waals surface area contributed by atoms with Gasteiger partial charge in [0.2, 0.25) is 5.91 Å². The van der Waals surface area contributed by atoms with Crippen molar-refractivity contribution in [2.24, 2.45) is 11.8 Å². The fourth-order valence-corrected chi connectivity index (χ4v) is 4.84. The summed E-state index contributed by atoms with van der Waals surface area (Å²) in [4.78, 5) is 28.6. The summed E-state index contributed by atoms with van der Waals surface area (Å²) in [6.45, 7) is 0.604. The molecule has 0 aromatic carbocycles. The van der Waals surface area contributed by atoms with Crippen LogP contribution in [0.2, 0.25) is 0 Å². The zero-order valence-electron chi connectivity index (χ0n) is 16.2. The van der Waals surface area contributed by atoms with Crippen LogP contribution in [0.5, 0.6) is 0 Å². The van der Waals surface area contributed by atoms with Crippen LogP contribution in [0.3, 0.4) is 0 Å². The first-order valence-corrected chi connectivity index (χ1v) is 10.2. The molecule has 3 fully saturated rings. The lowest BCUT2D eigenvalue weighted by Crippen LogP contribution is -2.53. The molecule has 1 saturated carbocycles. The Morgan fingerprint density at radius 1 is 1.14 bits per heavy atom. The lowest BCUT2D eigenvalue weighted by atomic mass is 9.74. The first-order valence-electron chi connectivity index (χ1n) is 10.2. The van der Waals surface area contributed by atoms with Gasteiger partial charge in [0.25, 0.3) is 0 Å². The number of methoxy groups -OCH3 is 1. The van der Waals surface area contributed by atoms with E-state index in [0.29, 0.717) is 24.9 Å². The van der Waals surface area contributed by atoms with E-state index in [2.05, 4.69) is 26.5 Å². The number of nitrogens with one attached hydrogen (secondary N) is 4. The predicted octanol–water partition coefficient (Wildman–Crippen LogP) is 0.425. The molecule has 1 aromatic heterocycles. The van der Waals surface area contributed by atoms with Crippen molar-refractivity contribution >= 4 is 11.9 Å². The fourth-order valence-electron chi connectivity index (χ4n) is 4.84. The molecule has 1 aliphatic carbocycles. The molecule has 0 radical (unpaired) electrons. The van der Waals surface area contributed by atoms with E-state index in [4.69, 9.17) is 4.74 Å². The summed E-state index contributed by atoms with van der Waals surface area (Å²) in [6, 6.07) is 4.50. The van der Waals surface area contributed by atoms with E-state index < -0.39 is 0 Å². The summed E-state index contributed by atoms with van der Waals surface area (Å²) < 4.78 is 4.78. The van der Waals surface area contributed by atoms with E-state index in [1.165, 1.54) is 12.7 Å². The number of carbonyl (C=O) groups excluding carboxylic acids is 2. The predicted molar refractivity (Wildman–Crippen MR) is 103 cm³/mol. The van der Waals surface area contributed by atoms with Gasteiger partial charge in [0.05, 0.1) is 13.2 Å². The van der Waals surface area contributed by atoms with Gasteiger partial charge in [-0.1, -0.05) is 0 Å². The standard InChI is InChI=1S/C20H29N5O3/c1-28-20(27)17-5-3-14(11-22-17)23-19(26)13-2-4-16-15(10-13)18(25-24-16)12-6-8-21-9-7-12/h6-9,13-18,22,24-25H,2-5,10-11H2,1H3,(H,23,26)/t13?,14-,15?,16?,17+,18?/m1/s1. The minimum Gasteiger partial charge on any atom is -0.468 e. The second-order valence-electron chi connectivity index (χ2n) is 8.09. The van der Waals surface area contributed by atoms with Gasteiger partial charge in [0.1, 0.15) is 6.04 Å². The lowest BCUT2D eigenvalue weighted by Gasteiger charge is -2.34. The topological polar surface area (TPSA) is 104 Å². The van der Waals surface area contributed by atoms with Crippen molar-refractivity contribution in [3.8, 4) is 0 Å². The van der Waals surface area contributed by atoms with Crippen LogP contribution >= 0.6 is 0 Å². The molecule has 4 unspecified atom stereocenters. The van der Waals surface area contributed by atoms with Gasteiger partial charge in [-0.25, -0.2) is 5.43 Å². The molecule has 6 atom stereocenters. The highest BCUT2D eigenvalue weighted by atomic mass is 16.5. The van der Waals surface area contributed by atoms with Gasteiger partial charge in [0.15, 0.2) is 0 Å². The number of piperidine rings is 1. The zero-order valence-corrected chi connectivity index (χ0v) is 16.2. The summed E-state index contributed by atoms with van der Waals surface area (Å²) in [5.41, 5.74) is 8.04. The minimum atomic E-state index is -0.259. The average molecular weight is 387 g/mol. The molecule has 1 aromatic rings. The Balaban J connectivity index is 1.32. The third-order valence-electron chi connectivity index (χ3n) is 6.43. The molecule has 8 heteroatoms. The maximum absolute atomic E-state index is 12.9. The molecule has 0 bridgehead atoms. The van der Waals surface area contributed by atoms with Crippen LogP contribution in [0.15, 0.2) is 24.5 Å². The number of nitrogens with zero attached hydrogens (tertiary/aromatic N) is 1. The normalized spacial score (nSPS) is 35.0. The fraction of sp³-hybridized carbons (Fsp3) is 0.650. The first-order chi connectivity index (χ1) is 13.7. The largest absolute Gasteiger partial charge is 0.468 e. The van der Waals surface area contributed by atoms with Gasteiger partial charge in [0, 0.05) is 36.9 Å². The highest BCUT2D eigenvalue weighted by Gasteiger charge is 2.43. The monoisotopic (exact) mass is 387 g/mol. The van der Waals surface area contributed by atoms with Crippen molar-refractivity contribution in [3.63, 3.8) is 0 Å². The summed E-state index contributed by atoms with van der Waals surface area (Å²) in [5, 5.41) is 6.37. The van der Waals surface area contributed by atoms with Crippen LogP contribution in [0.1, 0.15) is 43.7 Å². The molecule has 8 nitrogen and oxygen atoms in total. The van der Waals surface area contributed by atoms with Crippen molar-refractivity contribution in [1.29, 1.82) is 0 Å². The first kappa shape index (κ1) is 19.3. The molecule has 2 aliphatic heterocycles. The van der Waals surface area contributed by atoms with Crippen molar-refractivity contribution in [2.45, 2.75) is 56.3 Å². The van der Waals surface area contributed by atoms with Crippen LogP contribution in [0, 0.1) is 11.8 Å². The maximum atomic E-state index is 12.9. The molecule has 3 aliphatic rings. The van der Waals surface area contributed by atoms with E-state index in [0.717, 1.165) is 25.7 Å². The van der Waals surface area contributed by atoms with Crippen LogP contribution in [0.25, 0.3) is 0 Å². The van der Waals surface area contributed by atoms with E-state index in [1.807, 2.05) is 24.5 Å². The van der Waals surface area contributed by atoms with Crippen LogP contribution < -0.4 is 21.5 Å². The number of hydrogen-bond donors (Lipinski definition) is 4. The number of amides is 1. The SMILES string of the molecule is COC(=O)[C@@H]1CC[C@@H](NC(=O)C2CCC3NNC(c4ccncc4)C3C2)CN1. The minimum absolute atomic E-state index is 0.0330. The van der Waals surface area contributed by atoms with Crippen LogP contribution in [-0.2, 0) is 14.3 Å². The third kappa shape index (κ3) is 4.04. The molecule has 0 spiro atoms. The second-order valence-corrected chi connectivity index (χ2v) is 8.09. The quantitative estimate of drug-likeness (QED) is 0.555. The van der Waals surface area contributed by atoms with Gasteiger partial charge in [-0.15, -0.1) is 0 Å². The van der Waals surface area contributed by atoms with Crippen LogP contribution in [0.4, 0.5) is 0 Å². The summed E-state index contributed by atoms with van der Waals surface area (Å²) in [7, 11) is 1.40. The second kappa shape index (κ2) is 8.55. The number of aromatic nitrogens is 1. The Labute approximate surface area is 165 Å². The highest BCUT2D eigenvalue weighted by molar-refractivity contribution is 5.79. The number of fused-ring (bicyclic) bond motifs is 1. The Morgan fingerprint density at radius 3 is 2.68 bits per heavy atom. The van der Waals surface area contributed by atoms with Crippen molar-refractivity contribution < 1.29 is 14.3 Å². The third-order valence-corrected chi connectivity index (χ3v) is 6.43. The molecule has 152 valence electrons. The molecule has 3 heterocycles. The Hall–Kier alpha value is -2.03. The average Bonchev–Trinajstić information content (AvgIpc) is 3.17. The number of hydrazine groups is 1. The molecule has 2 saturated heterocycles. The van der Waals surface area contributed by atoms with E-state index in [1.54, 1.807) is 0 Å². The zero-order chi connectivity index (χ0) is 19.5. The summed E-state index contributed by atoms with van der Waals surface area (Å²) in [6.07, 6.45) is 7.86. The molecule has 1 amide bonds. The molecular weight excluding hydrogens is 358 g/mol. The van der Waals surface area contributed by atoms with Gasteiger partial charge in [-0.05, 0) is 55.7 Å².